The Morgan fingerprint density at radius 1 is 1.00 bits per heavy atom. The monoisotopic (exact) mass is 206 g/mol. The van der Waals surface area contributed by atoms with Gasteiger partial charge in [-0.25, -0.2) is 0 Å². The van der Waals surface area contributed by atoms with Crippen LogP contribution in [0, 0.1) is 0 Å². The van der Waals surface area contributed by atoms with Crippen LogP contribution in [0.3, 0.4) is 0 Å². The molecule has 11 heavy (non-hydrogen) atoms. The molecule has 0 aromatic carbocycles. The molecule has 5 heteroatoms. The third-order valence-corrected chi connectivity index (χ3v) is 0.333. The molecular weight excluding hydrogens is 201 g/mol. The Bertz CT molecular complexity index is 135. The van der Waals surface area contributed by atoms with E-state index < -0.39 is 11.9 Å². The zero-order valence-electron chi connectivity index (χ0n) is 5.91. The molecule has 0 aliphatic carbocycles. The third-order valence-electron chi connectivity index (χ3n) is 0.333. The summed E-state index contributed by atoms with van der Waals surface area (Å²) in [6.07, 6.45) is 1.44. The summed E-state index contributed by atoms with van der Waals surface area (Å²) >= 11 is 0. The maximum atomic E-state index is 9.14. The molecule has 0 N–H and O–H groups in total. The molecule has 0 amide bonds. The summed E-state index contributed by atoms with van der Waals surface area (Å²) in [6.45, 7) is 5.80. The summed E-state index contributed by atoms with van der Waals surface area (Å²) in [4.78, 5) is 18.3. The number of hydrogen-bond donors (Lipinski definition) is 0. The van der Waals surface area contributed by atoms with Crippen molar-refractivity contribution in [3.63, 3.8) is 0 Å². The molecule has 0 unspecified atom stereocenters. The third kappa shape index (κ3) is 48.4. The predicted molar refractivity (Wildman–Crippen MR) is 30.4 cm³/mol. The standard InChI is InChI=1S/2C3H4O2.Zn/c2*1-2-3(4)5;/h2*2H,1H2,(H,4,5);/q;;+2/p-2. The number of rotatable bonds is 2. The van der Waals surface area contributed by atoms with Crippen LogP contribution in [0.2, 0.25) is 0 Å². The van der Waals surface area contributed by atoms with E-state index in [1.54, 1.807) is 0 Å². The fourth-order valence-corrected chi connectivity index (χ4v) is 0. The van der Waals surface area contributed by atoms with Crippen molar-refractivity contribution in [2.45, 2.75) is 0 Å². The summed E-state index contributed by atoms with van der Waals surface area (Å²) < 4.78 is 0. The topological polar surface area (TPSA) is 80.3 Å². The molecule has 0 saturated carbocycles. The van der Waals surface area contributed by atoms with Crippen molar-refractivity contribution in [2.75, 3.05) is 0 Å². The maximum absolute atomic E-state index is 9.14. The van der Waals surface area contributed by atoms with E-state index in [-0.39, 0.29) is 19.5 Å². The van der Waals surface area contributed by atoms with Gasteiger partial charge in [-0.2, -0.15) is 0 Å². The molecule has 0 fully saturated rings. The minimum atomic E-state index is -1.23. The smallest absolute Gasteiger partial charge is 0.545 e. The zero-order valence-corrected chi connectivity index (χ0v) is 8.88. The Labute approximate surface area is 77.0 Å². The van der Waals surface area contributed by atoms with Crippen LogP contribution in [0.15, 0.2) is 25.3 Å². The molecule has 0 heterocycles. The van der Waals surface area contributed by atoms with E-state index >= 15 is 0 Å². The molecule has 0 aromatic rings. The van der Waals surface area contributed by atoms with Crippen LogP contribution in [-0.4, -0.2) is 11.9 Å². The van der Waals surface area contributed by atoms with E-state index in [0.29, 0.717) is 0 Å². The molecule has 0 atom stereocenters. The Morgan fingerprint density at radius 2 is 1.09 bits per heavy atom. The van der Waals surface area contributed by atoms with Crippen molar-refractivity contribution in [1.29, 1.82) is 0 Å². The summed E-state index contributed by atoms with van der Waals surface area (Å²) in [5.41, 5.74) is 0. The molecular formula is C6H6O4Zn. The van der Waals surface area contributed by atoms with Crippen molar-refractivity contribution < 1.29 is 39.3 Å². The van der Waals surface area contributed by atoms with Crippen molar-refractivity contribution >= 4 is 11.9 Å². The number of carboxylic acids is 2. The van der Waals surface area contributed by atoms with Crippen LogP contribution in [0.25, 0.3) is 0 Å². The van der Waals surface area contributed by atoms with Crippen molar-refractivity contribution in [1.82, 2.24) is 0 Å². The first-order chi connectivity index (χ1) is 4.54. The number of carbonyl (C=O) groups is 2. The molecule has 0 aliphatic heterocycles. The second-order valence-electron chi connectivity index (χ2n) is 1.05. The summed E-state index contributed by atoms with van der Waals surface area (Å²) in [5, 5.41) is 18.3. The van der Waals surface area contributed by atoms with Gasteiger partial charge in [-0.05, 0) is 12.2 Å². The molecule has 4 nitrogen and oxygen atoms in total. The van der Waals surface area contributed by atoms with Crippen molar-refractivity contribution in [2.24, 2.45) is 0 Å². The van der Waals surface area contributed by atoms with E-state index in [4.69, 9.17) is 19.8 Å². The first-order valence-corrected chi connectivity index (χ1v) is 2.21. The average molecular weight is 208 g/mol. The summed E-state index contributed by atoms with van der Waals surface area (Å²) in [6, 6.07) is 0. The maximum Gasteiger partial charge on any atom is 2.00 e. The average Bonchev–Trinajstić information content (AvgIpc) is 1.89. The van der Waals surface area contributed by atoms with Crippen LogP contribution < -0.4 is 10.2 Å². The Hall–Kier alpha value is -0.957. The van der Waals surface area contributed by atoms with Crippen LogP contribution >= 0.6 is 0 Å². The van der Waals surface area contributed by atoms with Gasteiger partial charge in [-0.1, -0.05) is 13.2 Å². The molecule has 56 valence electrons. The summed E-state index contributed by atoms with van der Waals surface area (Å²) in [7, 11) is 0. The van der Waals surface area contributed by atoms with Gasteiger partial charge in [-0.3, -0.25) is 0 Å². The normalized spacial score (nSPS) is 5.82. The zero-order chi connectivity index (χ0) is 8.57. The van der Waals surface area contributed by atoms with Crippen LogP contribution in [0.4, 0.5) is 0 Å². The first-order valence-electron chi connectivity index (χ1n) is 2.21. The van der Waals surface area contributed by atoms with Crippen molar-refractivity contribution in [3.8, 4) is 0 Å². The van der Waals surface area contributed by atoms with Gasteiger partial charge in [0.1, 0.15) is 0 Å². The largest absolute Gasteiger partial charge is 2.00 e. The van der Waals surface area contributed by atoms with Gasteiger partial charge < -0.3 is 19.8 Å². The minimum Gasteiger partial charge on any atom is -0.545 e. The van der Waals surface area contributed by atoms with Gasteiger partial charge in [0.2, 0.25) is 0 Å². The molecule has 0 aliphatic rings. The van der Waals surface area contributed by atoms with Gasteiger partial charge >= 0.3 is 19.5 Å². The Kier molecular flexibility index (Phi) is 17.8. The van der Waals surface area contributed by atoms with E-state index in [1.165, 1.54) is 0 Å². The Morgan fingerprint density at radius 3 is 1.09 bits per heavy atom. The minimum absolute atomic E-state index is 0. The number of hydrogen-bond acceptors (Lipinski definition) is 4. The first kappa shape index (κ1) is 16.6. The van der Waals surface area contributed by atoms with Gasteiger partial charge in [-0.15, -0.1) is 0 Å². The molecule has 0 rings (SSSR count). The quantitative estimate of drug-likeness (QED) is 0.382. The van der Waals surface area contributed by atoms with Gasteiger partial charge in [0, 0.05) is 0 Å². The molecule has 0 spiro atoms. The van der Waals surface area contributed by atoms with E-state index in [9.17, 15) is 0 Å². The van der Waals surface area contributed by atoms with Gasteiger partial charge in [0.25, 0.3) is 0 Å². The number of carboxylic acid groups (broad SMARTS) is 2. The number of carbonyl (C=O) groups excluding carboxylic acids is 2. The van der Waals surface area contributed by atoms with E-state index in [1.807, 2.05) is 0 Å². The molecule has 0 saturated heterocycles. The second-order valence-corrected chi connectivity index (χ2v) is 1.05. The fourth-order valence-electron chi connectivity index (χ4n) is 0. The molecule has 0 aromatic heterocycles. The van der Waals surface area contributed by atoms with Crippen LogP contribution in [0.1, 0.15) is 0 Å². The van der Waals surface area contributed by atoms with E-state index in [0.717, 1.165) is 12.2 Å². The predicted octanol–water partition coefficient (Wildman–Crippen LogP) is -2.16. The van der Waals surface area contributed by atoms with E-state index in [2.05, 4.69) is 13.2 Å². The SMILES string of the molecule is C=CC(=O)[O-].C=CC(=O)[O-].[Zn+2]. The fraction of sp³-hybridized carbons (Fsp3) is 0. The van der Waals surface area contributed by atoms with Crippen molar-refractivity contribution in [3.05, 3.63) is 25.3 Å². The van der Waals surface area contributed by atoms with Gasteiger partial charge in [0.05, 0.1) is 11.9 Å². The van der Waals surface area contributed by atoms with Crippen LogP contribution in [-0.2, 0) is 29.1 Å². The summed E-state index contributed by atoms with van der Waals surface area (Å²) in [5.74, 6) is -2.46. The number of aliphatic carboxylic acids is 2. The van der Waals surface area contributed by atoms with Crippen LogP contribution in [0.5, 0.6) is 0 Å². The molecule has 0 bridgehead atoms. The molecule has 0 radical (unpaired) electrons. The van der Waals surface area contributed by atoms with Gasteiger partial charge in [0.15, 0.2) is 0 Å². The Balaban J connectivity index is -0.000000107. The second kappa shape index (κ2) is 11.8.